The highest BCUT2D eigenvalue weighted by Gasteiger charge is 2.44. The molecule has 5 rings (SSSR count). The largest absolute Gasteiger partial charge is 0.456 e. The van der Waals surface area contributed by atoms with Gasteiger partial charge < -0.3 is 34.8 Å². The molecule has 0 amide bonds. The summed E-state index contributed by atoms with van der Waals surface area (Å²) < 4.78 is 11.5. The number of H-pyrrole nitrogens is 1. The fraction of sp³-hybridized carbons (Fsp3) is 0.300. The fourth-order valence-corrected chi connectivity index (χ4v) is 3.78. The van der Waals surface area contributed by atoms with Crippen LogP contribution in [0.2, 0.25) is 0 Å². The number of benzene rings is 1. The lowest BCUT2D eigenvalue weighted by Gasteiger charge is -2.14. The molecule has 4 aromatic rings. The van der Waals surface area contributed by atoms with Crippen molar-refractivity contribution in [3.05, 3.63) is 42.4 Å². The lowest BCUT2D eigenvalue weighted by Crippen LogP contribution is -2.32. The number of aliphatic hydroxyl groups is 3. The smallest absolute Gasteiger partial charge is 0.164 e. The van der Waals surface area contributed by atoms with Crippen LogP contribution in [-0.2, 0) is 4.74 Å². The van der Waals surface area contributed by atoms with E-state index in [9.17, 15) is 15.3 Å². The van der Waals surface area contributed by atoms with Crippen molar-refractivity contribution in [2.24, 2.45) is 0 Å². The highest BCUT2D eigenvalue weighted by molar-refractivity contribution is 6.01. The van der Waals surface area contributed by atoms with Crippen molar-refractivity contribution >= 4 is 27.8 Å². The van der Waals surface area contributed by atoms with Crippen LogP contribution in [0, 0.1) is 0 Å². The minimum atomic E-state index is -1.24. The summed E-state index contributed by atoms with van der Waals surface area (Å²) in [5, 5.41) is 34.4. The first-order chi connectivity index (χ1) is 14.1. The Bertz CT molecular complexity index is 1150. The Labute approximate surface area is 165 Å². The monoisotopic (exact) mass is 396 g/mol. The molecule has 0 saturated carbocycles. The molecule has 1 aliphatic heterocycles. The number of furan rings is 1. The van der Waals surface area contributed by atoms with Crippen LogP contribution >= 0.6 is 0 Å². The number of rotatable bonds is 4. The Morgan fingerprint density at radius 3 is 2.72 bits per heavy atom. The second-order valence-corrected chi connectivity index (χ2v) is 7.01. The van der Waals surface area contributed by atoms with Crippen molar-refractivity contribution in [2.45, 2.75) is 24.4 Å². The van der Waals surface area contributed by atoms with Crippen LogP contribution in [0.5, 0.6) is 0 Å². The average molecular weight is 396 g/mol. The van der Waals surface area contributed by atoms with Gasteiger partial charge in [-0.05, 0) is 12.1 Å². The van der Waals surface area contributed by atoms with Crippen LogP contribution in [0.15, 0.2) is 40.9 Å². The molecule has 1 aliphatic rings. The standard InChI is InChI=1S/C20H20N4O5/c1-21-18-14-10(12-6-9-4-2-3-5-11(9)28-12)7-22-19(14)24-20(23-18)17-16(27)15(26)13(8-25)29-17/h2-7,13,15-17,25-27H,8H2,1H3,(H2,21,22,23,24)/t13-,15-,16-,17-/m1/s1. The number of nitrogens with zero attached hydrogens (tertiary/aromatic N) is 2. The number of ether oxygens (including phenoxy) is 1. The van der Waals surface area contributed by atoms with Crippen molar-refractivity contribution in [3.8, 4) is 11.3 Å². The van der Waals surface area contributed by atoms with Crippen LogP contribution < -0.4 is 5.32 Å². The Hall–Kier alpha value is -2.98. The Morgan fingerprint density at radius 2 is 2.00 bits per heavy atom. The lowest BCUT2D eigenvalue weighted by molar-refractivity contribution is -0.0251. The first kappa shape index (κ1) is 18.1. The second-order valence-electron chi connectivity index (χ2n) is 7.01. The number of hydrogen-bond donors (Lipinski definition) is 5. The van der Waals surface area contributed by atoms with Crippen molar-refractivity contribution in [1.82, 2.24) is 15.0 Å². The molecule has 9 nitrogen and oxygen atoms in total. The van der Waals surface area contributed by atoms with Gasteiger partial charge in [0.25, 0.3) is 0 Å². The number of nitrogens with one attached hydrogen (secondary N) is 2. The van der Waals surface area contributed by atoms with Crippen molar-refractivity contribution in [1.29, 1.82) is 0 Å². The summed E-state index contributed by atoms with van der Waals surface area (Å²) in [6, 6.07) is 9.71. The quantitative estimate of drug-likeness (QED) is 0.351. The third-order valence-electron chi connectivity index (χ3n) is 5.27. The number of anilines is 1. The molecular weight excluding hydrogens is 376 g/mol. The van der Waals surface area contributed by atoms with E-state index in [0.29, 0.717) is 17.2 Å². The Kier molecular flexibility index (Phi) is 4.25. The van der Waals surface area contributed by atoms with Gasteiger partial charge in [-0.25, -0.2) is 9.97 Å². The maximum atomic E-state index is 10.3. The highest BCUT2D eigenvalue weighted by atomic mass is 16.6. The van der Waals surface area contributed by atoms with Gasteiger partial charge >= 0.3 is 0 Å². The van der Waals surface area contributed by atoms with E-state index in [1.165, 1.54) is 0 Å². The molecule has 0 bridgehead atoms. The molecule has 1 aromatic carbocycles. The summed E-state index contributed by atoms with van der Waals surface area (Å²) in [5.41, 5.74) is 2.12. The maximum absolute atomic E-state index is 10.3. The molecule has 5 N–H and O–H groups in total. The molecule has 0 aliphatic carbocycles. The predicted octanol–water partition coefficient (Wildman–Crippen LogP) is 1.57. The first-order valence-electron chi connectivity index (χ1n) is 9.29. The van der Waals surface area contributed by atoms with E-state index < -0.39 is 31.0 Å². The lowest BCUT2D eigenvalue weighted by atomic mass is 10.1. The number of para-hydroxylation sites is 1. The molecule has 1 fully saturated rings. The predicted molar refractivity (Wildman–Crippen MR) is 105 cm³/mol. The summed E-state index contributed by atoms with van der Waals surface area (Å²) in [7, 11) is 1.73. The minimum absolute atomic E-state index is 0.211. The van der Waals surface area contributed by atoms with Gasteiger partial charge in [0, 0.05) is 24.2 Å². The molecule has 0 radical (unpaired) electrons. The van der Waals surface area contributed by atoms with Gasteiger partial charge in [-0.3, -0.25) is 0 Å². The summed E-state index contributed by atoms with van der Waals surface area (Å²) in [5.74, 6) is 1.42. The van der Waals surface area contributed by atoms with Gasteiger partial charge in [0.15, 0.2) is 5.82 Å². The van der Waals surface area contributed by atoms with Crippen LogP contribution in [-0.4, -0.2) is 62.2 Å². The SMILES string of the molecule is CNc1nc([C@@H]2O[C@H](CO)[C@@H](O)[C@H]2O)nc2[nH]cc(-c3cc4ccccc4o3)c12. The summed E-state index contributed by atoms with van der Waals surface area (Å²) in [6.07, 6.45) is -2.49. The second kappa shape index (κ2) is 6.82. The summed E-state index contributed by atoms with van der Waals surface area (Å²) in [4.78, 5) is 12.1. The number of aromatic amines is 1. The highest BCUT2D eigenvalue weighted by Crippen LogP contribution is 2.38. The summed E-state index contributed by atoms with van der Waals surface area (Å²) in [6.45, 7) is -0.408. The molecule has 4 heterocycles. The topological polar surface area (TPSA) is 137 Å². The number of fused-ring (bicyclic) bond motifs is 2. The molecule has 150 valence electrons. The molecule has 3 aromatic heterocycles. The van der Waals surface area contributed by atoms with E-state index >= 15 is 0 Å². The van der Waals surface area contributed by atoms with Gasteiger partial charge in [-0.1, -0.05) is 18.2 Å². The number of hydrogen-bond acceptors (Lipinski definition) is 8. The van der Waals surface area contributed by atoms with Crippen LogP contribution in [0.3, 0.4) is 0 Å². The molecule has 1 saturated heterocycles. The first-order valence-corrected chi connectivity index (χ1v) is 9.29. The van der Waals surface area contributed by atoms with Gasteiger partial charge in [0.2, 0.25) is 0 Å². The fourth-order valence-electron chi connectivity index (χ4n) is 3.78. The van der Waals surface area contributed by atoms with Gasteiger partial charge in [0.05, 0.1) is 12.0 Å². The van der Waals surface area contributed by atoms with Crippen LogP contribution in [0.25, 0.3) is 33.3 Å². The Morgan fingerprint density at radius 1 is 1.17 bits per heavy atom. The number of aromatic nitrogens is 3. The van der Waals surface area contributed by atoms with E-state index in [0.717, 1.165) is 21.9 Å². The van der Waals surface area contributed by atoms with Crippen LogP contribution in [0.1, 0.15) is 11.9 Å². The van der Waals surface area contributed by atoms with Gasteiger partial charge in [0.1, 0.15) is 47.2 Å². The van der Waals surface area contributed by atoms with E-state index in [1.807, 2.05) is 30.3 Å². The molecule has 9 heteroatoms. The van der Waals surface area contributed by atoms with Crippen molar-refractivity contribution in [2.75, 3.05) is 19.0 Å². The third kappa shape index (κ3) is 2.78. The van der Waals surface area contributed by atoms with Crippen LogP contribution in [0.4, 0.5) is 5.82 Å². The molecular formula is C20H20N4O5. The molecule has 4 atom stereocenters. The van der Waals surface area contributed by atoms with E-state index in [4.69, 9.17) is 9.15 Å². The molecule has 0 spiro atoms. The third-order valence-corrected chi connectivity index (χ3v) is 5.27. The van der Waals surface area contributed by atoms with Crippen molar-refractivity contribution < 1.29 is 24.5 Å². The zero-order valence-corrected chi connectivity index (χ0v) is 15.5. The zero-order valence-electron chi connectivity index (χ0n) is 15.5. The van der Waals surface area contributed by atoms with Gasteiger partial charge in [-0.15, -0.1) is 0 Å². The Balaban J connectivity index is 1.61. The zero-order chi connectivity index (χ0) is 20.1. The van der Waals surface area contributed by atoms with E-state index in [-0.39, 0.29) is 5.82 Å². The number of aliphatic hydroxyl groups excluding tert-OH is 3. The van der Waals surface area contributed by atoms with Crippen molar-refractivity contribution in [3.63, 3.8) is 0 Å². The molecule has 29 heavy (non-hydrogen) atoms. The van der Waals surface area contributed by atoms with E-state index in [1.54, 1.807) is 13.2 Å². The summed E-state index contributed by atoms with van der Waals surface area (Å²) >= 11 is 0. The van der Waals surface area contributed by atoms with Gasteiger partial charge in [-0.2, -0.15) is 0 Å². The minimum Gasteiger partial charge on any atom is -0.456 e. The average Bonchev–Trinajstić information content (AvgIpc) is 3.43. The van der Waals surface area contributed by atoms with E-state index in [2.05, 4.69) is 20.3 Å². The molecule has 0 unspecified atom stereocenters. The maximum Gasteiger partial charge on any atom is 0.164 e. The normalized spacial score (nSPS) is 24.6.